The van der Waals surface area contributed by atoms with E-state index in [0.717, 1.165) is 24.3 Å². The monoisotopic (exact) mass is 290 g/mol. The minimum Gasteiger partial charge on any atom is -0.305 e. The summed E-state index contributed by atoms with van der Waals surface area (Å²) in [6.07, 6.45) is 0. The van der Waals surface area contributed by atoms with Gasteiger partial charge < -0.3 is 4.98 Å². The van der Waals surface area contributed by atoms with Gasteiger partial charge in [0.15, 0.2) is 5.82 Å². The van der Waals surface area contributed by atoms with Crippen molar-refractivity contribution in [3.63, 3.8) is 0 Å². The number of halogens is 3. The highest BCUT2D eigenvalue weighted by Crippen LogP contribution is 2.33. The van der Waals surface area contributed by atoms with Crippen LogP contribution in [0.1, 0.15) is 11.4 Å². The Labute approximate surface area is 117 Å². The lowest BCUT2D eigenvalue weighted by molar-refractivity contribution is 0.0329. The van der Waals surface area contributed by atoms with Crippen LogP contribution in [0, 0.1) is 5.82 Å². The van der Waals surface area contributed by atoms with E-state index >= 15 is 0 Å². The largest absolute Gasteiger partial charge is 0.329 e. The first-order valence-electron chi connectivity index (χ1n) is 6.12. The quantitative estimate of drug-likeness (QED) is 0.787. The summed E-state index contributed by atoms with van der Waals surface area (Å²) in [5, 5.41) is 0.233. The molecule has 3 aromatic rings. The number of hydrogen-bond donors (Lipinski definition) is 1. The number of fused-ring (bicyclic) bond motifs is 1. The second-order valence-electron chi connectivity index (χ2n) is 4.51. The molecule has 1 heterocycles. The Kier molecular flexibility index (Phi) is 3.01. The van der Waals surface area contributed by atoms with Gasteiger partial charge in [0.25, 0.3) is 5.56 Å². The molecular formula is C15H9F3N2O. The average Bonchev–Trinajstić information content (AvgIpc) is 2.47. The topological polar surface area (TPSA) is 45.8 Å². The van der Waals surface area contributed by atoms with Crippen LogP contribution in [-0.4, -0.2) is 9.97 Å². The Morgan fingerprint density at radius 3 is 2.38 bits per heavy atom. The van der Waals surface area contributed by atoms with Crippen molar-refractivity contribution in [2.75, 3.05) is 0 Å². The molecule has 0 unspecified atom stereocenters. The molecule has 0 aliphatic heterocycles. The molecule has 0 fully saturated rings. The van der Waals surface area contributed by atoms with Gasteiger partial charge >= 0.3 is 5.92 Å². The number of alkyl halides is 2. The van der Waals surface area contributed by atoms with E-state index in [4.69, 9.17) is 0 Å². The summed E-state index contributed by atoms with van der Waals surface area (Å²) in [6.45, 7) is 0. The van der Waals surface area contributed by atoms with Gasteiger partial charge in [-0.25, -0.2) is 9.37 Å². The average molecular weight is 290 g/mol. The maximum atomic E-state index is 14.4. The predicted molar refractivity (Wildman–Crippen MR) is 71.8 cm³/mol. The summed E-state index contributed by atoms with van der Waals surface area (Å²) in [7, 11) is 0. The highest BCUT2D eigenvalue weighted by Gasteiger charge is 2.37. The molecule has 3 nitrogen and oxygen atoms in total. The molecule has 3 rings (SSSR count). The Hall–Kier alpha value is -2.63. The lowest BCUT2D eigenvalue weighted by atomic mass is 10.1. The van der Waals surface area contributed by atoms with Crippen molar-refractivity contribution in [3.8, 4) is 0 Å². The fourth-order valence-electron chi connectivity index (χ4n) is 2.03. The molecule has 0 spiro atoms. The Balaban J connectivity index is 2.18. The molecular weight excluding hydrogens is 281 g/mol. The standard InChI is InChI=1S/C15H9F3N2O/c16-10-7-5-9(6-8-10)15(17,18)14-19-12-4-2-1-3-11(12)13(21)20-14/h1-8H,(H,19,20,21). The van der Waals surface area contributed by atoms with E-state index in [2.05, 4.69) is 9.97 Å². The van der Waals surface area contributed by atoms with Crippen molar-refractivity contribution in [2.24, 2.45) is 0 Å². The van der Waals surface area contributed by atoms with Gasteiger partial charge in [0, 0.05) is 5.56 Å². The predicted octanol–water partition coefficient (Wildman–Crippen LogP) is 3.20. The van der Waals surface area contributed by atoms with E-state index < -0.39 is 28.7 Å². The fraction of sp³-hybridized carbons (Fsp3) is 0.0667. The normalized spacial score (nSPS) is 11.8. The van der Waals surface area contributed by atoms with Crippen LogP contribution < -0.4 is 5.56 Å². The van der Waals surface area contributed by atoms with Crippen LogP contribution in [0.15, 0.2) is 53.3 Å². The van der Waals surface area contributed by atoms with E-state index in [9.17, 15) is 18.0 Å². The summed E-state index contributed by atoms with van der Waals surface area (Å²) in [4.78, 5) is 17.7. The van der Waals surface area contributed by atoms with E-state index in [1.54, 1.807) is 12.1 Å². The van der Waals surface area contributed by atoms with Gasteiger partial charge in [0.1, 0.15) is 5.82 Å². The zero-order valence-corrected chi connectivity index (χ0v) is 10.6. The molecule has 2 aromatic carbocycles. The molecule has 0 bridgehead atoms. The van der Waals surface area contributed by atoms with Crippen LogP contribution in [0.4, 0.5) is 13.2 Å². The molecule has 6 heteroatoms. The van der Waals surface area contributed by atoms with Gasteiger partial charge in [-0.3, -0.25) is 4.79 Å². The number of para-hydroxylation sites is 1. The minimum absolute atomic E-state index is 0.179. The molecule has 0 amide bonds. The van der Waals surface area contributed by atoms with Crippen molar-refractivity contribution in [3.05, 3.63) is 76.1 Å². The second-order valence-corrected chi connectivity index (χ2v) is 4.51. The van der Waals surface area contributed by atoms with Crippen LogP contribution >= 0.6 is 0 Å². The highest BCUT2D eigenvalue weighted by atomic mass is 19.3. The number of aromatic amines is 1. The number of benzene rings is 2. The highest BCUT2D eigenvalue weighted by molar-refractivity contribution is 5.77. The lowest BCUT2D eigenvalue weighted by Crippen LogP contribution is -2.24. The van der Waals surface area contributed by atoms with Crippen molar-refractivity contribution >= 4 is 10.9 Å². The van der Waals surface area contributed by atoms with Gasteiger partial charge in [-0.15, -0.1) is 0 Å². The van der Waals surface area contributed by atoms with Crippen molar-refractivity contribution in [1.29, 1.82) is 0 Å². The van der Waals surface area contributed by atoms with Crippen LogP contribution in [0.5, 0.6) is 0 Å². The van der Waals surface area contributed by atoms with Crippen LogP contribution in [0.3, 0.4) is 0 Å². The van der Waals surface area contributed by atoms with Crippen LogP contribution in [0.2, 0.25) is 0 Å². The number of rotatable bonds is 2. The maximum absolute atomic E-state index is 14.4. The van der Waals surface area contributed by atoms with Crippen LogP contribution in [-0.2, 0) is 5.92 Å². The smallest absolute Gasteiger partial charge is 0.305 e. The Morgan fingerprint density at radius 2 is 1.67 bits per heavy atom. The first-order chi connectivity index (χ1) is 9.98. The fourth-order valence-corrected chi connectivity index (χ4v) is 2.03. The van der Waals surface area contributed by atoms with Crippen molar-refractivity contribution < 1.29 is 13.2 Å². The molecule has 0 aliphatic carbocycles. The zero-order chi connectivity index (χ0) is 15.0. The van der Waals surface area contributed by atoms with Gasteiger partial charge in [0.2, 0.25) is 0 Å². The molecule has 0 aliphatic rings. The molecule has 0 saturated carbocycles. The number of aromatic nitrogens is 2. The van der Waals surface area contributed by atoms with Gasteiger partial charge in [0.05, 0.1) is 10.9 Å². The Bertz CT molecular complexity index is 857. The Morgan fingerprint density at radius 1 is 1.00 bits per heavy atom. The number of H-pyrrole nitrogens is 1. The molecule has 106 valence electrons. The number of hydrogen-bond acceptors (Lipinski definition) is 2. The molecule has 0 radical (unpaired) electrons. The third-order valence-electron chi connectivity index (χ3n) is 3.12. The second kappa shape index (κ2) is 4.73. The molecule has 0 atom stereocenters. The van der Waals surface area contributed by atoms with Gasteiger partial charge in [-0.2, -0.15) is 8.78 Å². The van der Waals surface area contributed by atoms with Gasteiger partial charge in [-0.05, 0) is 36.4 Å². The van der Waals surface area contributed by atoms with E-state index in [1.807, 2.05) is 0 Å². The molecule has 0 saturated heterocycles. The first-order valence-corrected chi connectivity index (χ1v) is 6.12. The molecule has 1 aromatic heterocycles. The summed E-state index contributed by atoms with van der Waals surface area (Å²) in [5.74, 6) is -4.90. The molecule has 21 heavy (non-hydrogen) atoms. The van der Waals surface area contributed by atoms with Crippen molar-refractivity contribution in [1.82, 2.24) is 9.97 Å². The zero-order valence-electron chi connectivity index (χ0n) is 10.6. The van der Waals surface area contributed by atoms with E-state index in [1.165, 1.54) is 12.1 Å². The maximum Gasteiger partial charge on any atom is 0.329 e. The third kappa shape index (κ3) is 2.29. The summed E-state index contributed by atoms with van der Waals surface area (Å²) in [5.41, 5.74) is -0.905. The SMILES string of the molecule is O=c1[nH]c(C(F)(F)c2ccc(F)cc2)nc2ccccc12. The first kappa shape index (κ1) is 13.4. The van der Waals surface area contributed by atoms with Crippen molar-refractivity contribution in [2.45, 2.75) is 5.92 Å². The summed E-state index contributed by atoms with van der Waals surface area (Å²) < 4.78 is 41.6. The van der Waals surface area contributed by atoms with E-state index in [0.29, 0.717) is 0 Å². The minimum atomic E-state index is -3.52. The number of nitrogens with one attached hydrogen (secondary N) is 1. The van der Waals surface area contributed by atoms with Crippen LogP contribution in [0.25, 0.3) is 10.9 Å². The summed E-state index contributed by atoms with van der Waals surface area (Å²) >= 11 is 0. The molecule has 1 N–H and O–H groups in total. The summed E-state index contributed by atoms with van der Waals surface area (Å²) in [6, 6.07) is 10.0. The number of nitrogens with zero attached hydrogens (tertiary/aromatic N) is 1. The lowest BCUT2D eigenvalue weighted by Gasteiger charge is -2.16. The third-order valence-corrected chi connectivity index (χ3v) is 3.12. The van der Waals surface area contributed by atoms with E-state index in [-0.39, 0.29) is 10.9 Å². The van der Waals surface area contributed by atoms with Gasteiger partial charge in [-0.1, -0.05) is 12.1 Å².